The lowest BCUT2D eigenvalue weighted by atomic mass is 9.68. The number of hydrogen-bond acceptors (Lipinski definition) is 7. The number of carbonyl (C=O) groups is 2. The summed E-state index contributed by atoms with van der Waals surface area (Å²) in [4.78, 5) is 28.1. The van der Waals surface area contributed by atoms with Crippen molar-refractivity contribution >= 4 is 23.5 Å². The molecule has 8 nitrogen and oxygen atoms in total. The molecule has 1 aromatic heterocycles. The third-order valence-corrected chi connectivity index (χ3v) is 8.42. The standard InChI is InChI=1S/C35H39NO7/c1-2-17-36-34(40)29-19-25(22-42-26-11-7-4-8-12-26)32(30(21-38)33(29)35(36)41)31(39)16-13-24(23-9-5-3-6-10-23)18-27-14-15-28(20-37)43-27/h3-12,14-15,18,29-31,33,37-39H,2,13,16-17,19-22H2,1H3/b24-18-/t29-,30+,31-,33-/m1/s1. The first kappa shape index (κ1) is 30.5. The predicted molar refractivity (Wildman–Crippen MR) is 162 cm³/mol. The topological polar surface area (TPSA) is 120 Å². The second-order valence-corrected chi connectivity index (χ2v) is 11.2. The van der Waals surface area contributed by atoms with Crippen LogP contribution in [0.25, 0.3) is 11.6 Å². The maximum absolute atomic E-state index is 13.5. The molecule has 5 rings (SSSR count). The summed E-state index contributed by atoms with van der Waals surface area (Å²) in [6, 6.07) is 22.6. The number of aliphatic hydroxyl groups excluding tert-OH is 3. The number of nitrogens with zero attached hydrogens (tertiary/aromatic N) is 1. The van der Waals surface area contributed by atoms with Gasteiger partial charge >= 0.3 is 0 Å². The average molecular weight is 586 g/mol. The molecule has 8 heteroatoms. The fourth-order valence-electron chi connectivity index (χ4n) is 6.42. The van der Waals surface area contributed by atoms with Crippen LogP contribution in [0.4, 0.5) is 0 Å². The maximum Gasteiger partial charge on any atom is 0.233 e. The first-order valence-electron chi connectivity index (χ1n) is 14.9. The van der Waals surface area contributed by atoms with Gasteiger partial charge in [-0.25, -0.2) is 0 Å². The molecule has 1 aliphatic heterocycles. The Morgan fingerprint density at radius 3 is 2.40 bits per heavy atom. The van der Waals surface area contributed by atoms with Crippen LogP contribution in [0, 0.1) is 17.8 Å². The van der Waals surface area contributed by atoms with Gasteiger partial charge < -0.3 is 24.5 Å². The van der Waals surface area contributed by atoms with Crippen molar-refractivity contribution in [3.8, 4) is 5.75 Å². The number of hydrogen-bond donors (Lipinski definition) is 3. The first-order chi connectivity index (χ1) is 20.9. The second kappa shape index (κ2) is 14.0. The molecule has 0 radical (unpaired) electrons. The molecular formula is C35H39NO7. The van der Waals surface area contributed by atoms with E-state index in [1.165, 1.54) is 4.90 Å². The van der Waals surface area contributed by atoms with E-state index in [0.29, 0.717) is 55.1 Å². The highest BCUT2D eigenvalue weighted by atomic mass is 16.5. The Morgan fingerprint density at radius 1 is 1.02 bits per heavy atom. The Hall–Kier alpha value is -3.98. The van der Waals surface area contributed by atoms with E-state index in [4.69, 9.17) is 9.15 Å². The summed E-state index contributed by atoms with van der Waals surface area (Å²) in [5.41, 5.74) is 3.23. The second-order valence-electron chi connectivity index (χ2n) is 11.2. The van der Waals surface area contributed by atoms with E-state index in [2.05, 4.69) is 0 Å². The lowest BCUT2D eigenvalue weighted by Gasteiger charge is -2.36. The van der Waals surface area contributed by atoms with Crippen LogP contribution in [0.15, 0.2) is 88.4 Å². The number of allylic oxidation sites excluding steroid dienone is 1. The number of para-hydroxylation sites is 1. The SMILES string of the molecule is CCCN1C(=O)[C@@H]2[C@@H](CC(COc3ccccc3)=C([C@H](O)CC/C(=C/c3ccc(CO)o3)c3ccccc3)[C@@H]2CO)C1=O. The van der Waals surface area contributed by atoms with E-state index >= 15 is 0 Å². The number of imide groups is 1. The van der Waals surface area contributed by atoms with Crippen LogP contribution in [0.1, 0.15) is 49.7 Å². The molecule has 0 saturated carbocycles. The molecule has 0 spiro atoms. The zero-order chi connectivity index (χ0) is 30.3. The minimum absolute atomic E-state index is 0.142. The van der Waals surface area contributed by atoms with Gasteiger partial charge in [0.2, 0.25) is 11.8 Å². The maximum atomic E-state index is 13.5. The molecule has 226 valence electrons. The van der Waals surface area contributed by atoms with Crippen molar-refractivity contribution < 1.29 is 34.1 Å². The summed E-state index contributed by atoms with van der Waals surface area (Å²) < 4.78 is 11.8. The van der Waals surface area contributed by atoms with Crippen LogP contribution in [0.5, 0.6) is 5.75 Å². The predicted octanol–water partition coefficient (Wildman–Crippen LogP) is 4.85. The summed E-state index contributed by atoms with van der Waals surface area (Å²) in [5, 5.41) is 31.8. The first-order valence-corrected chi connectivity index (χ1v) is 14.9. The van der Waals surface area contributed by atoms with Crippen LogP contribution in [-0.2, 0) is 16.2 Å². The molecule has 1 fully saturated rings. The Balaban J connectivity index is 1.46. The fraction of sp³-hybridized carbons (Fsp3) is 0.371. The summed E-state index contributed by atoms with van der Waals surface area (Å²) >= 11 is 0. The van der Waals surface area contributed by atoms with Crippen molar-refractivity contribution in [3.05, 3.63) is 101 Å². The van der Waals surface area contributed by atoms with Gasteiger partial charge in [0.15, 0.2) is 0 Å². The zero-order valence-corrected chi connectivity index (χ0v) is 24.4. The molecule has 3 aromatic rings. The van der Waals surface area contributed by atoms with Crippen molar-refractivity contribution in [3.63, 3.8) is 0 Å². The van der Waals surface area contributed by atoms with E-state index in [-0.39, 0.29) is 31.6 Å². The van der Waals surface area contributed by atoms with E-state index in [0.717, 1.165) is 16.7 Å². The normalized spacial score (nSPS) is 21.3. The summed E-state index contributed by atoms with van der Waals surface area (Å²) in [5.74, 6) is -0.761. The molecule has 1 aliphatic carbocycles. The monoisotopic (exact) mass is 585 g/mol. The smallest absolute Gasteiger partial charge is 0.233 e. The molecule has 2 amide bonds. The number of ether oxygens (including phenoxy) is 1. The largest absolute Gasteiger partial charge is 0.489 e. The highest BCUT2D eigenvalue weighted by molar-refractivity contribution is 6.05. The minimum atomic E-state index is -0.979. The molecule has 0 unspecified atom stereocenters. The number of likely N-dealkylation sites (tertiary alicyclic amines) is 1. The van der Waals surface area contributed by atoms with Gasteiger partial charge in [-0.2, -0.15) is 0 Å². The van der Waals surface area contributed by atoms with Gasteiger partial charge in [-0.15, -0.1) is 0 Å². The number of rotatable bonds is 13. The van der Waals surface area contributed by atoms with Crippen LogP contribution in [0.2, 0.25) is 0 Å². The van der Waals surface area contributed by atoms with Gasteiger partial charge in [-0.3, -0.25) is 14.5 Å². The number of carbonyl (C=O) groups excluding carboxylic acids is 2. The molecule has 1 saturated heterocycles. The number of amides is 2. The van der Waals surface area contributed by atoms with Gasteiger partial charge in [0, 0.05) is 12.5 Å². The van der Waals surface area contributed by atoms with E-state index in [1.807, 2.05) is 73.7 Å². The Kier molecular flexibility index (Phi) is 9.92. The molecular weight excluding hydrogens is 546 g/mol. The highest BCUT2D eigenvalue weighted by Crippen LogP contribution is 2.46. The molecule has 0 bridgehead atoms. The van der Waals surface area contributed by atoms with Gasteiger partial charge in [-0.1, -0.05) is 55.5 Å². The number of fused-ring (bicyclic) bond motifs is 1. The summed E-state index contributed by atoms with van der Waals surface area (Å²) in [6.45, 7) is 1.84. The number of furan rings is 1. The van der Waals surface area contributed by atoms with Crippen molar-refractivity contribution in [1.82, 2.24) is 4.90 Å². The molecule has 4 atom stereocenters. The lowest BCUT2D eigenvalue weighted by Crippen LogP contribution is -2.40. The molecule has 2 aliphatic rings. The third kappa shape index (κ3) is 6.67. The zero-order valence-electron chi connectivity index (χ0n) is 24.4. The van der Waals surface area contributed by atoms with Gasteiger partial charge in [0.1, 0.15) is 30.5 Å². The molecule has 43 heavy (non-hydrogen) atoms. The fourth-order valence-corrected chi connectivity index (χ4v) is 6.42. The number of benzene rings is 2. The molecule has 2 aromatic carbocycles. The van der Waals surface area contributed by atoms with E-state index in [1.54, 1.807) is 12.1 Å². The summed E-state index contributed by atoms with van der Waals surface area (Å²) in [6.07, 6.45) is 2.65. The van der Waals surface area contributed by atoms with Gasteiger partial charge in [0.05, 0.1) is 24.5 Å². The third-order valence-electron chi connectivity index (χ3n) is 8.42. The van der Waals surface area contributed by atoms with Crippen LogP contribution in [0.3, 0.4) is 0 Å². The van der Waals surface area contributed by atoms with Crippen LogP contribution >= 0.6 is 0 Å². The van der Waals surface area contributed by atoms with Crippen molar-refractivity contribution in [2.45, 2.75) is 45.3 Å². The van der Waals surface area contributed by atoms with Crippen molar-refractivity contribution in [1.29, 1.82) is 0 Å². The Bertz CT molecular complexity index is 1460. The quantitative estimate of drug-likeness (QED) is 0.194. The Labute approximate surface area is 251 Å². The highest BCUT2D eigenvalue weighted by Gasteiger charge is 2.54. The summed E-state index contributed by atoms with van der Waals surface area (Å²) in [7, 11) is 0. The van der Waals surface area contributed by atoms with E-state index < -0.39 is 23.9 Å². The van der Waals surface area contributed by atoms with Crippen molar-refractivity contribution in [2.24, 2.45) is 17.8 Å². The Morgan fingerprint density at radius 2 is 1.74 bits per heavy atom. The van der Waals surface area contributed by atoms with E-state index in [9.17, 15) is 24.9 Å². The molecule has 2 heterocycles. The number of aliphatic hydroxyl groups is 3. The van der Waals surface area contributed by atoms with Crippen molar-refractivity contribution in [2.75, 3.05) is 19.8 Å². The van der Waals surface area contributed by atoms with Gasteiger partial charge in [-0.05, 0) is 78.3 Å². The average Bonchev–Trinajstić information content (AvgIpc) is 3.60. The minimum Gasteiger partial charge on any atom is -0.489 e. The van der Waals surface area contributed by atoms with Crippen LogP contribution in [-0.4, -0.2) is 57.9 Å². The lowest BCUT2D eigenvalue weighted by molar-refractivity contribution is -0.140. The van der Waals surface area contributed by atoms with Gasteiger partial charge in [0.25, 0.3) is 0 Å². The van der Waals surface area contributed by atoms with Crippen LogP contribution < -0.4 is 4.74 Å². The molecule has 3 N–H and O–H groups in total.